The molecular weight excluding hydrogens is 254 g/mol. The molecule has 1 aromatic carbocycles. The van der Waals surface area contributed by atoms with Gasteiger partial charge in [-0.25, -0.2) is 13.1 Å². The molecule has 1 aromatic rings. The van der Waals surface area contributed by atoms with Crippen molar-refractivity contribution in [2.45, 2.75) is 12.2 Å². The minimum Gasteiger partial charge on any atom is -0.492 e. The summed E-state index contributed by atoms with van der Waals surface area (Å²) >= 11 is 0. The lowest BCUT2D eigenvalue weighted by Crippen LogP contribution is -2.34. The predicted octanol–water partition coefficient (Wildman–Crippen LogP) is 0.479. The summed E-state index contributed by atoms with van der Waals surface area (Å²) in [5.74, 6) is 0.572. The second kappa shape index (κ2) is 6.23. The van der Waals surface area contributed by atoms with E-state index in [1.165, 1.54) is 6.92 Å². The molecule has 7 heteroatoms. The Morgan fingerprint density at radius 3 is 2.89 bits per heavy atom. The van der Waals surface area contributed by atoms with E-state index in [9.17, 15) is 8.42 Å². The first-order valence-corrected chi connectivity index (χ1v) is 6.87. The van der Waals surface area contributed by atoms with E-state index in [4.69, 9.17) is 15.7 Å². The van der Waals surface area contributed by atoms with Crippen LogP contribution < -0.4 is 15.2 Å². The van der Waals surface area contributed by atoms with Gasteiger partial charge in [0.05, 0.1) is 6.07 Å². The van der Waals surface area contributed by atoms with Gasteiger partial charge in [-0.05, 0) is 19.1 Å². The number of rotatable bonds is 6. The summed E-state index contributed by atoms with van der Waals surface area (Å²) in [7, 11) is -3.59. The van der Waals surface area contributed by atoms with Crippen molar-refractivity contribution in [3.63, 3.8) is 0 Å². The Balaban J connectivity index is 2.38. The highest BCUT2D eigenvalue weighted by Gasteiger charge is 2.18. The fourth-order valence-corrected chi connectivity index (χ4v) is 1.91. The second-order valence-corrected chi connectivity index (χ2v) is 5.72. The molecule has 98 valence electrons. The molecule has 1 unspecified atom stereocenters. The quantitative estimate of drug-likeness (QED) is 0.577. The van der Waals surface area contributed by atoms with Crippen LogP contribution in [0.25, 0.3) is 0 Å². The van der Waals surface area contributed by atoms with Crippen molar-refractivity contribution < 1.29 is 13.2 Å². The maximum absolute atomic E-state index is 11.4. The number of anilines is 1. The van der Waals surface area contributed by atoms with E-state index in [1.54, 1.807) is 30.3 Å². The van der Waals surface area contributed by atoms with Gasteiger partial charge in [0.15, 0.2) is 5.25 Å². The minimum atomic E-state index is -3.59. The van der Waals surface area contributed by atoms with Gasteiger partial charge in [0.1, 0.15) is 12.4 Å². The highest BCUT2D eigenvalue weighted by molar-refractivity contribution is 7.90. The van der Waals surface area contributed by atoms with Gasteiger partial charge in [-0.2, -0.15) is 5.26 Å². The van der Waals surface area contributed by atoms with Gasteiger partial charge in [0.2, 0.25) is 10.0 Å². The lowest BCUT2D eigenvalue weighted by atomic mass is 10.3. The molecule has 0 bridgehead atoms. The van der Waals surface area contributed by atoms with Crippen molar-refractivity contribution in [2.75, 3.05) is 18.9 Å². The molecule has 0 aliphatic rings. The molecule has 0 amide bonds. The molecule has 18 heavy (non-hydrogen) atoms. The Hall–Kier alpha value is -1.78. The number of ether oxygens (including phenoxy) is 1. The van der Waals surface area contributed by atoms with Gasteiger partial charge in [-0.3, -0.25) is 0 Å². The molecule has 0 radical (unpaired) electrons. The van der Waals surface area contributed by atoms with Gasteiger partial charge in [-0.15, -0.1) is 0 Å². The molecule has 3 N–H and O–H groups in total. The highest BCUT2D eigenvalue weighted by Crippen LogP contribution is 2.13. The number of hydrogen-bond donors (Lipinski definition) is 2. The van der Waals surface area contributed by atoms with E-state index in [1.807, 2.05) is 0 Å². The average Bonchev–Trinajstić information content (AvgIpc) is 2.33. The van der Waals surface area contributed by atoms with Crippen molar-refractivity contribution >= 4 is 15.7 Å². The average molecular weight is 269 g/mol. The van der Waals surface area contributed by atoms with Crippen molar-refractivity contribution in [1.82, 2.24) is 4.72 Å². The van der Waals surface area contributed by atoms with E-state index in [0.717, 1.165) is 0 Å². The van der Waals surface area contributed by atoms with Crippen molar-refractivity contribution in [1.29, 1.82) is 5.26 Å². The Bertz CT molecular complexity index is 537. The van der Waals surface area contributed by atoms with Crippen molar-refractivity contribution in [2.24, 2.45) is 0 Å². The number of nitriles is 1. The van der Waals surface area contributed by atoms with E-state index in [0.29, 0.717) is 11.4 Å². The molecule has 0 fully saturated rings. The van der Waals surface area contributed by atoms with E-state index < -0.39 is 15.3 Å². The first-order valence-electron chi connectivity index (χ1n) is 5.32. The summed E-state index contributed by atoms with van der Waals surface area (Å²) in [6.07, 6.45) is 0. The first kappa shape index (κ1) is 14.3. The molecular formula is C11H15N3O3S. The van der Waals surface area contributed by atoms with Crippen LogP contribution in [0.5, 0.6) is 5.75 Å². The smallest absolute Gasteiger partial charge is 0.227 e. The number of nitrogens with one attached hydrogen (secondary N) is 1. The van der Waals surface area contributed by atoms with Gasteiger partial charge < -0.3 is 10.5 Å². The van der Waals surface area contributed by atoms with Crippen LogP contribution in [0.3, 0.4) is 0 Å². The van der Waals surface area contributed by atoms with Crippen LogP contribution >= 0.6 is 0 Å². The highest BCUT2D eigenvalue weighted by atomic mass is 32.2. The molecule has 6 nitrogen and oxygen atoms in total. The SMILES string of the molecule is CC(C#N)S(=O)(=O)NCCOc1cccc(N)c1. The number of nitrogens with two attached hydrogens (primary N) is 1. The lowest BCUT2D eigenvalue weighted by Gasteiger charge is -2.09. The fraction of sp³-hybridized carbons (Fsp3) is 0.364. The number of nitrogens with zero attached hydrogens (tertiary/aromatic N) is 1. The number of hydrogen-bond acceptors (Lipinski definition) is 5. The Kier molecular flexibility index (Phi) is 4.95. The summed E-state index contributed by atoms with van der Waals surface area (Å²) < 4.78 is 30.4. The molecule has 0 spiro atoms. The molecule has 0 aromatic heterocycles. The van der Waals surface area contributed by atoms with Crippen molar-refractivity contribution in [3.05, 3.63) is 24.3 Å². The van der Waals surface area contributed by atoms with E-state index >= 15 is 0 Å². The van der Waals surface area contributed by atoms with Crippen LogP contribution in [0.2, 0.25) is 0 Å². The third-order valence-electron chi connectivity index (χ3n) is 2.18. The molecule has 0 aliphatic carbocycles. The van der Waals surface area contributed by atoms with Crippen LogP contribution in [-0.4, -0.2) is 26.8 Å². The standard InChI is InChI=1S/C11H15N3O3S/c1-9(8-12)18(15,16)14-5-6-17-11-4-2-3-10(13)7-11/h2-4,7,9,14H,5-6,13H2,1H3. The van der Waals surface area contributed by atoms with Gasteiger partial charge >= 0.3 is 0 Å². The maximum Gasteiger partial charge on any atom is 0.227 e. The van der Waals surface area contributed by atoms with Crippen LogP contribution in [0, 0.1) is 11.3 Å². The fourth-order valence-electron chi connectivity index (χ4n) is 1.15. The summed E-state index contributed by atoms with van der Waals surface area (Å²) in [4.78, 5) is 0. The summed E-state index contributed by atoms with van der Waals surface area (Å²) in [5.41, 5.74) is 6.14. The van der Waals surface area contributed by atoms with Gasteiger partial charge in [0.25, 0.3) is 0 Å². The summed E-state index contributed by atoms with van der Waals surface area (Å²) in [6.45, 7) is 1.59. The Morgan fingerprint density at radius 2 is 2.28 bits per heavy atom. The van der Waals surface area contributed by atoms with Crippen LogP contribution in [0.4, 0.5) is 5.69 Å². The predicted molar refractivity (Wildman–Crippen MR) is 68.3 cm³/mol. The number of nitrogen functional groups attached to an aromatic ring is 1. The Morgan fingerprint density at radius 1 is 1.56 bits per heavy atom. The third-order valence-corrected chi connectivity index (χ3v) is 3.82. The molecule has 0 heterocycles. The van der Waals surface area contributed by atoms with E-state index in [-0.39, 0.29) is 13.2 Å². The normalized spacial score (nSPS) is 12.7. The zero-order valence-electron chi connectivity index (χ0n) is 9.96. The molecule has 1 atom stereocenters. The summed E-state index contributed by atoms with van der Waals surface area (Å²) in [5, 5.41) is 7.44. The minimum absolute atomic E-state index is 0.100. The number of benzene rings is 1. The Labute approximate surface area is 106 Å². The van der Waals surface area contributed by atoms with Gasteiger partial charge in [0, 0.05) is 18.3 Å². The zero-order chi connectivity index (χ0) is 13.6. The maximum atomic E-state index is 11.4. The van der Waals surface area contributed by atoms with Crippen molar-refractivity contribution in [3.8, 4) is 11.8 Å². The van der Waals surface area contributed by atoms with Gasteiger partial charge in [-0.1, -0.05) is 6.07 Å². The second-order valence-electron chi connectivity index (χ2n) is 3.63. The molecule has 0 aliphatic heterocycles. The topological polar surface area (TPSA) is 105 Å². The lowest BCUT2D eigenvalue weighted by molar-refractivity contribution is 0.323. The van der Waals surface area contributed by atoms with Crippen LogP contribution in [0.15, 0.2) is 24.3 Å². The van der Waals surface area contributed by atoms with Crippen LogP contribution in [-0.2, 0) is 10.0 Å². The summed E-state index contributed by atoms with van der Waals surface area (Å²) in [6, 6.07) is 8.50. The van der Waals surface area contributed by atoms with E-state index in [2.05, 4.69) is 4.72 Å². The number of sulfonamides is 1. The zero-order valence-corrected chi connectivity index (χ0v) is 10.8. The molecule has 0 saturated heterocycles. The first-order chi connectivity index (χ1) is 8.45. The molecule has 0 saturated carbocycles. The molecule has 1 rings (SSSR count). The van der Waals surface area contributed by atoms with Crippen LogP contribution in [0.1, 0.15) is 6.92 Å². The monoisotopic (exact) mass is 269 g/mol. The largest absolute Gasteiger partial charge is 0.492 e. The third kappa shape index (κ3) is 4.24.